The van der Waals surface area contributed by atoms with Crippen LogP contribution in [-0.4, -0.2) is 12.1 Å². The molecule has 0 amide bonds. The van der Waals surface area contributed by atoms with E-state index in [2.05, 4.69) is 0 Å². The molecular formula is C14H15F3N2O. The Labute approximate surface area is 115 Å². The smallest absolute Gasteiger partial charge is 0.417 e. The molecule has 3 nitrogen and oxygen atoms in total. The van der Waals surface area contributed by atoms with Crippen LogP contribution in [0.15, 0.2) is 18.2 Å². The number of benzene rings is 1. The Morgan fingerprint density at radius 1 is 1.30 bits per heavy atom. The van der Waals surface area contributed by atoms with Crippen LogP contribution in [0.1, 0.15) is 36.8 Å². The molecular weight excluding hydrogens is 269 g/mol. The number of hydrogen-bond donors (Lipinski definition) is 1. The van der Waals surface area contributed by atoms with Crippen LogP contribution < -0.4 is 10.5 Å². The maximum Gasteiger partial charge on any atom is 0.417 e. The highest BCUT2D eigenvalue weighted by atomic mass is 19.4. The van der Waals surface area contributed by atoms with Crippen LogP contribution in [0.3, 0.4) is 0 Å². The molecule has 0 aliphatic heterocycles. The first kappa shape index (κ1) is 14.7. The second kappa shape index (κ2) is 5.71. The third-order valence-electron chi connectivity index (χ3n) is 3.39. The minimum atomic E-state index is -4.56. The lowest BCUT2D eigenvalue weighted by molar-refractivity contribution is -0.137. The van der Waals surface area contributed by atoms with Crippen molar-refractivity contribution in [1.82, 2.24) is 0 Å². The Morgan fingerprint density at radius 2 is 2.05 bits per heavy atom. The van der Waals surface area contributed by atoms with Crippen LogP contribution in [-0.2, 0) is 6.18 Å². The van der Waals surface area contributed by atoms with Gasteiger partial charge < -0.3 is 10.5 Å². The number of hydrogen-bond acceptors (Lipinski definition) is 3. The molecule has 1 aliphatic carbocycles. The number of ether oxygens (including phenoxy) is 1. The molecule has 2 atom stereocenters. The summed E-state index contributed by atoms with van der Waals surface area (Å²) in [6.45, 7) is 0. The van der Waals surface area contributed by atoms with Crippen LogP contribution in [0.5, 0.6) is 5.75 Å². The molecule has 108 valence electrons. The lowest BCUT2D eigenvalue weighted by Crippen LogP contribution is -2.33. The van der Waals surface area contributed by atoms with Gasteiger partial charge in [-0.25, -0.2) is 0 Å². The zero-order valence-electron chi connectivity index (χ0n) is 10.8. The molecule has 0 radical (unpaired) electrons. The molecule has 1 saturated carbocycles. The molecule has 1 aromatic rings. The predicted molar refractivity (Wildman–Crippen MR) is 67.0 cm³/mol. The van der Waals surface area contributed by atoms with Crippen LogP contribution in [0.25, 0.3) is 0 Å². The summed E-state index contributed by atoms with van der Waals surface area (Å²) in [6, 6.07) is 5.00. The van der Waals surface area contributed by atoms with Gasteiger partial charge in [-0.05, 0) is 43.9 Å². The van der Waals surface area contributed by atoms with Crippen molar-refractivity contribution in [3.05, 3.63) is 29.3 Å². The third kappa shape index (κ3) is 3.42. The monoisotopic (exact) mass is 284 g/mol. The van der Waals surface area contributed by atoms with E-state index in [0.29, 0.717) is 6.42 Å². The fraction of sp³-hybridized carbons (Fsp3) is 0.500. The minimum Gasteiger partial charge on any atom is -0.490 e. The van der Waals surface area contributed by atoms with Gasteiger partial charge >= 0.3 is 6.18 Å². The highest BCUT2D eigenvalue weighted by molar-refractivity contribution is 5.44. The van der Waals surface area contributed by atoms with Gasteiger partial charge in [-0.1, -0.05) is 0 Å². The zero-order chi connectivity index (χ0) is 14.8. The number of rotatable bonds is 2. The number of nitrogens with zero attached hydrogens (tertiary/aromatic N) is 1. The van der Waals surface area contributed by atoms with Gasteiger partial charge in [0.15, 0.2) is 0 Å². The standard InChI is InChI=1S/C14H15F3N2O/c15-14(16,17)13-7-12(5-4-9(13)8-18)20-11-3-1-2-10(19)6-11/h4-5,7,10-11H,1-3,6,19H2. The Kier molecular flexibility index (Phi) is 4.19. The number of alkyl halides is 3. The number of nitriles is 1. The Balaban J connectivity index is 2.19. The molecule has 1 fully saturated rings. The SMILES string of the molecule is N#Cc1ccc(OC2CCCC(N)C2)cc1C(F)(F)F. The second-order valence-electron chi connectivity index (χ2n) is 4.98. The zero-order valence-corrected chi connectivity index (χ0v) is 10.8. The molecule has 2 unspecified atom stereocenters. The predicted octanol–water partition coefficient (Wildman–Crippen LogP) is 3.23. The summed E-state index contributed by atoms with van der Waals surface area (Å²) in [4.78, 5) is 0. The van der Waals surface area contributed by atoms with Crippen molar-refractivity contribution >= 4 is 0 Å². The molecule has 0 saturated heterocycles. The molecule has 1 aliphatic rings. The molecule has 6 heteroatoms. The number of halogens is 3. The first-order valence-corrected chi connectivity index (χ1v) is 6.43. The Bertz CT molecular complexity index is 522. The van der Waals surface area contributed by atoms with E-state index in [9.17, 15) is 13.2 Å². The molecule has 1 aromatic carbocycles. The molecule has 0 aromatic heterocycles. The van der Waals surface area contributed by atoms with Gasteiger partial charge in [-0.3, -0.25) is 0 Å². The maximum atomic E-state index is 12.8. The quantitative estimate of drug-likeness (QED) is 0.907. The van der Waals surface area contributed by atoms with Crippen molar-refractivity contribution in [1.29, 1.82) is 5.26 Å². The topological polar surface area (TPSA) is 59.0 Å². The second-order valence-corrected chi connectivity index (χ2v) is 4.98. The van der Waals surface area contributed by atoms with E-state index in [1.54, 1.807) is 6.07 Å². The summed E-state index contributed by atoms with van der Waals surface area (Å²) in [7, 11) is 0. The van der Waals surface area contributed by atoms with E-state index in [1.165, 1.54) is 6.07 Å². The fourth-order valence-electron chi connectivity index (χ4n) is 2.41. The lowest BCUT2D eigenvalue weighted by Gasteiger charge is -2.27. The highest BCUT2D eigenvalue weighted by Gasteiger charge is 2.34. The number of nitrogens with two attached hydrogens (primary N) is 1. The molecule has 2 rings (SSSR count). The maximum absolute atomic E-state index is 12.8. The fourth-order valence-corrected chi connectivity index (χ4v) is 2.41. The molecule has 0 spiro atoms. The summed E-state index contributed by atoms with van der Waals surface area (Å²) in [5.74, 6) is 0.135. The molecule has 20 heavy (non-hydrogen) atoms. The van der Waals surface area contributed by atoms with Crippen molar-refractivity contribution in [2.75, 3.05) is 0 Å². The summed E-state index contributed by atoms with van der Waals surface area (Å²) in [5.41, 5.74) is 4.46. The van der Waals surface area contributed by atoms with Crippen molar-refractivity contribution < 1.29 is 17.9 Å². The summed E-state index contributed by atoms with van der Waals surface area (Å²) in [5, 5.41) is 8.72. The van der Waals surface area contributed by atoms with Gasteiger partial charge in [0.2, 0.25) is 0 Å². The van der Waals surface area contributed by atoms with E-state index >= 15 is 0 Å². The van der Waals surface area contributed by atoms with E-state index in [1.807, 2.05) is 0 Å². The first-order chi connectivity index (χ1) is 9.40. The van der Waals surface area contributed by atoms with Gasteiger partial charge in [0.05, 0.1) is 17.2 Å². The average Bonchev–Trinajstić information content (AvgIpc) is 2.37. The Hall–Kier alpha value is -1.74. The van der Waals surface area contributed by atoms with Crippen LogP contribution >= 0.6 is 0 Å². The lowest BCUT2D eigenvalue weighted by atomic mass is 9.93. The highest BCUT2D eigenvalue weighted by Crippen LogP contribution is 2.35. The van der Waals surface area contributed by atoms with Crippen LogP contribution in [0, 0.1) is 11.3 Å². The van der Waals surface area contributed by atoms with Crippen LogP contribution in [0.4, 0.5) is 13.2 Å². The van der Waals surface area contributed by atoms with Crippen LogP contribution in [0.2, 0.25) is 0 Å². The Morgan fingerprint density at radius 3 is 2.65 bits per heavy atom. The van der Waals surface area contributed by atoms with E-state index in [0.717, 1.165) is 31.4 Å². The molecule has 0 bridgehead atoms. The molecule has 0 heterocycles. The van der Waals surface area contributed by atoms with Gasteiger partial charge in [-0.15, -0.1) is 0 Å². The van der Waals surface area contributed by atoms with Gasteiger partial charge in [-0.2, -0.15) is 18.4 Å². The summed E-state index contributed by atoms with van der Waals surface area (Å²) in [6.07, 6.45) is -1.47. The summed E-state index contributed by atoms with van der Waals surface area (Å²) < 4.78 is 44.1. The average molecular weight is 284 g/mol. The van der Waals surface area contributed by atoms with Crippen molar-refractivity contribution in [3.63, 3.8) is 0 Å². The van der Waals surface area contributed by atoms with Crippen molar-refractivity contribution in [2.45, 2.75) is 44.0 Å². The van der Waals surface area contributed by atoms with Gasteiger partial charge in [0, 0.05) is 6.04 Å². The molecule has 2 N–H and O–H groups in total. The normalized spacial score (nSPS) is 23.1. The van der Waals surface area contributed by atoms with Gasteiger partial charge in [0.25, 0.3) is 0 Å². The van der Waals surface area contributed by atoms with Crippen molar-refractivity contribution in [3.8, 4) is 11.8 Å². The summed E-state index contributed by atoms with van der Waals surface area (Å²) >= 11 is 0. The van der Waals surface area contributed by atoms with Crippen molar-refractivity contribution in [2.24, 2.45) is 5.73 Å². The minimum absolute atomic E-state index is 0.0363. The van der Waals surface area contributed by atoms with E-state index in [-0.39, 0.29) is 17.9 Å². The van der Waals surface area contributed by atoms with E-state index in [4.69, 9.17) is 15.7 Å². The van der Waals surface area contributed by atoms with E-state index < -0.39 is 17.3 Å². The van der Waals surface area contributed by atoms with Gasteiger partial charge in [0.1, 0.15) is 11.9 Å². The third-order valence-corrected chi connectivity index (χ3v) is 3.39. The first-order valence-electron chi connectivity index (χ1n) is 6.43. The largest absolute Gasteiger partial charge is 0.490 e.